The largest absolute Gasteiger partial charge is 0.469 e. The fourth-order valence-corrected chi connectivity index (χ4v) is 2.52. The number of hydrogen-bond donors (Lipinski definition) is 1. The molecule has 0 bridgehead atoms. The Morgan fingerprint density at radius 1 is 1.35 bits per heavy atom. The molecule has 0 aliphatic heterocycles. The lowest BCUT2D eigenvalue weighted by Crippen LogP contribution is -2.33. The van der Waals surface area contributed by atoms with Gasteiger partial charge in [-0.05, 0) is 37.6 Å². The molecule has 8 heteroatoms. The second-order valence-corrected chi connectivity index (χ2v) is 5.92. The average Bonchev–Trinajstić information content (AvgIpc) is 3.32. The Labute approximate surface area is 149 Å². The molecule has 0 spiro atoms. The van der Waals surface area contributed by atoms with Crippen LogP contribution in [-0.4, -0.2) is 26.7 Å². The van der Waals surface area contributed by atoms with Crippen LogP contribution in [0.3, 0.4) is 0 Å². The van der Waals surface area contributed by atoms with Crippen molar-refractivity contribution in [1.29, 1.82) is 0 Å². The fourth-order valence-electron chi connectivity index (χ4n) is 2.52. The Morgan fingerprint density at radius 3 is 2.92 bits per heavy atom. The normalized spacial score (nSPS) is 11.9. The van der Waals surface area contributed by atoms with E-state index in [1.54, 1.807) is 30.7 Å². The highest BCUT2D eigenvalue weighted by Gasteiger charge is 2.14. The minimum Gasteiger partial charge on any atom is -0.469 e. The van der Waals surface area contributed by atoms with Crippen molar-refractivity contribution in [3.8, 4) is 5.69 Å². The van der Waals surface area contributed by atoms with Crippen molar-refractivity contribution in [3.63, 3.8) is 0 Å². The molecule has 0 aliphatic carbocycles. The number of amides is 1. The molecule has 0 saturated heterocycles. The van der Waals surface area contributed by atoms with E-state index in [1.807, 2.05) is 19.1 Å². The van der Waals surface area contributed by atoms with E-state index in [1.165, 1.54) is 16.8 Å². The highest BCUT2D eigenvalue weighted by molar-refractivity contribution is 5.92. The van der Waals surface area contributed by atoms with Gasteiger partial charge in [0.15, 0.2) is 5.69 Å². The summed E-state index contributed by atoms with van der Waals surface area (Å²) in [5, 5.41) is 18.0. The Kier molecular flexibility index (Phi) is 5.12. The van der Waals surface area contributed by atoms with Crippen molar-refractivity contribution in [2.45, 2.75) is 25.8 Å². The quantitative estimate of drug-likeness (QED) is 0.518. The average molecular weight is 354 g/mol. The number of carbonyl (C=O) groups is 1. The molecule has 0 aliphatic rings. The van der Waals surface area contributed by atoms with Gasteiger partial charge >= 0.3 is 0 Å². The van der Waals surface area contributed by atoms with Gasteiger partial charge in [-0.2, -0.15) is 5.10 Å². The zero-order valence-corrected chi connectivity index (χ0v) is 14.2. The predicted molar refractivity (Wildman–Crippen MR) is 94.2 cm³/mol. The van der Waals surface area contributed by atoms with Gasteiger partial charge in [-0.25, -0.2) is 4.68 Å². The molecule has 3 aromatic rings. The van der Waals surface area contributed by atoms with Gasteiger partial charge in [0, 0.05) is 30.8 Å². The number of nitrogens with zero attached hydrogens (tertiary/aromatic N) is 3. The van der Waals surface area contributed by atoms with Crippen molar-refractivity contribution >= 4 is 11.6 Å². The van der Waals surface area contributed by atoms with Crippen molar-refractivity contribution in [2.75, 3.05) is 0 Å². The van der Waals surface area contributed by atoms with Gasteiger partial charge < -0.3 is 9.73 Å². The minimum absolute atomic E-state index is 0.0319. The number of aryl methyl sites for hydroxylation is 1. The van der Waals surface area contributed by atoms with Gasteiger partial charge in [0.2, 0.25) is 0 Å². The van der Waals surface area contributed by atoms with E-state index in [0.717, 1.165) is 18.6 Å². The third-order valence-corrected chi connectivity index (χ3v) is 3.91. The number of carbonyl (C=O) groups excluding carboxylic acids is 1. The topological polar surface area (TPSA) is 103 Å². The molecule has 8 nitrogen and oxygen atoms in total. The SMILES string of the molecule is CC(CCc1ccco1)NC(=O)c1ccn(-c2cccc([N+](=O)[O-])c2)n1. The third kappa shape index (κ3) is 4.15. The lowest BCUT2D eigenvalue weighted by atomic mass is 10.1. The van der Waals surface area contributed by atoms with Gasteiger partial charge in [-0.1, -0.05) is 6.07 Å². The maximum atomic E-state index is 12.3. The summed E-state index contributed by atoms with van der Waals surface area (Å²) in [6, 6.07) is 11.3. The molecule has 1 atom stereocenters. The van der Waals surface area contributed by atoms with Crippen LogP contribution < -0.4 is 5.32 Å². The standard InChI is InChI=1S/C18H18N4O4/c1-13(7-8-16-6-3-11-26-16)19-18(23)17-9-10-21(20-17)14-4-2-5-15(12-14)22(24)25/h2-6,9-13H,7-8H2,1H3,(H,19,23). The summed E-state index contributed by atoms with van der Waals surface area (Å²) in [5.41, 5.74) is 0.737. The van der Waals surface area contributed by atoms with Crippen molar-refractivity contribution in [1.82, 2.24) is 15.1 Å². The maximum absolute atomic E-state index is 12.3. The number of nitrogens with one attached hydrogen (secondary N) is 1. The Morgan fingerprint density at radius 2 is 2.19 bits per heavy atom. The molecule has 26 heavy (non-hydrogen) atoms. The second kappa shape index (κ2) is 7.64. The summed E-state index contributed by atoms with van der Waals surface area (Å²) in [6.45, 7) is 1.92. The van der Waals surface area contributed by atoms with E-state index >= 15 is 0 Å². The van der Waals surface area contributed by atoms with E-state index in [4.69, 9.17) is 4.42 Å². The Hall–Kier alpha value is -3.42. The maximum Gasteiger partial charge on any atom is 0.271 e. The monoisotopic (exact) mass is 354 g/mol. The van der Waals surface area contributed by atoms with Crippen LogP contribution in [0.4, 0.5) is 5.69 Å². The fraction of sp³-hybridized carbons (Fsp3) is 0.222. The number of aromatic nitrogens is 2. The van der Waals surface area contributed by atoms with E-state index in [0.29, 0.717) is 5.69 Å². The van der Waals surface area contributed by atoms with Crippen LogP contribution in [0.5, 0.6) is 0 Å². The lowest BCUT2D eigenvalue weighted by Gasteiger charge is -2.11. The number of hydrogen-bond acceptors (Lipinski definition) is 5. The van der Waals surface area contributed by atoms with Crippen LogP contribution >= 0.6 is 0 Å². The summed E-state index contributed by atoms with van der Waals surface area (Å²) in [4.78, 5) is 22.7. The van der Waals surface area contributed by atoms with Crippen LogP contribution in [0.25, 0.3) is 5.69 Å². The van der Waals surface area contributed by atoms with Crippen LogP contribution in [0, 0.1) is 10.1 Å². The number of nitro groups is 1. The summed E-state index contributed by atoms with van der Waals surface area (Å²) >= 11 is 0. The molecule has 0 saturated carbocycles. The molecule has 0 radical (unpaired) electrons. The van der Waals surface area contributed by atoms with Gasteiger partial charge in [0.05, 0.1) is 16.9 Å². The first kappa shape index (κ1) is 17.4. The van der Waals surface area contributed by atoms with Crippen molar-refractivity contribution in [3.05, 3.63) is 76.5 Å². The molecular formula is C18H18N4O4. The molecule has 134 valence electrons. The summed E-state index contributed by atoms with van der Waals surface area (Å²) < 4.78 is 6.72. The zero-order valence-electron chi connectivity index (χ0n) is 14.2. The molecule has 2 heterocycles. The van der Waals surface area contributed by atoms with Gasteiger partial charge in [-0.15, -0.1) is 0 Å². The van der Waals surface area contributed by atoms with E-state index in [9.17, 15) is 14.9 Å². The predicted octanol–water partition coefficient (Wildman–Crippen LogP) is 3.12. The second-order valence-electron chi connectivity index (χ2n) is 5.92. The van der Waals surface area contributed by atoms with Gasteiger partial charge in [-0.3, -0.25) is 14.9 Å². The van der Waals surface area contributed by atoms with Crippen molar-refractivity contribution in [2.24, 2.45) is 0 Å². The van der Waals surface area contributed by atoms with E-state index < -0.39 is 4.92 Å². The van der Waals surface area contributed by atoms with E-state index in [2.05, 4.69) is 10.4 Å². The molecule has 0 fully saturated rings. The molecular weight excluding hydrogens is 336 g/mol. The highest BCUT2D eigenvalue weighted by Crippen LogP contribution is 2.16. The van der Waals surface area contributed by atoms with Crippen LogP contribution in [0.15, 0.2) is 59.3 Å². The minimum atomic E-state index is -0.471. The number of non-ortho nitro benzene ring substituents is 1. The zero-order chi connectivity index (χ0) is 18.5. The van der Waals surface area contributed by atoms with Crippen LogP contribution in [0.2, 0.25) is 0 Å². The van der Waals surface area contributed by atoms with Crippen molar-refractivity contribution < 1.29 is 14.1 Å². The highest BCUT2D eigenvalue weighted by atomic mass is 16.6. The smallest absolute Gasteiger partial charge is 0.271 e. The molecule has 2 aromatic heterocycles. The molecule has 1 N–H and O–H groups in total. The van der Waals surface area contributed by atoms with Crippen LogP contribution in [0.1, 0.15) is 29.6 Å². The Balaban J connectivity index is 1.62. The number of benzene rings is 1. The lowest BCUT2D eigenvalue weighted by molar-refractivity contribution is -0.384. The first-order valence-corrected chi connectivity index (χ1v) is 8.16. The number of rotatable bonds is 7. The summed E-state index contributed by atoms with van der Waals surface area (Å²) in [6.07, 6.45) is 4.70. The third-order valence-electron chi connectivity index (χ3n) is 3.91. The molecule has 1 amide bonds. The molecule has 3 rings (SSSR count). The first-order valence-electron chi connectivity index (χ1n) is 8.16. The van der Waals surface area contributed by atoms with Gasteiger partial charge in [0.25, 0.3) is 11.6 Å². The summed E-state index contributed by atoms with van der Waals surface area (Å²) in [7, 11) is 0. The Bertz CT molecular complexity index is 902. The van der Waals surface area contributed by atoms with Gasteiger partial charge in [0.1, 0.15) is 5.76 Å². The van der Waals surface area contributed by atoms with E-state index in [-0.39, 0.29) is 23.3 Å². The van der Waals surface area contributed by atoms with Crippen LogP contribution in [-0.2, 0) is 6.42 Å². The molecule has 1 aromatic carbocycles. The number of nitro benzene ring substituents is 1. The first-order chi connectivity index (χ1) is 12.5. The molecule has 1 unspecified atom stereocenters. The number of furan rings is 1. The summed E-state index contributed by atoms with van der Waals surface area (Å²) in [5.74, 6) is 0.585.